The van der Waals surface area contributed by atoms with Crippen LogP contribution in [-0.4, -0.2) is 37.7 Å². The molecule has 4 rings (SSSR count). The lowest BCUT2D eigenvalue weighted by Gasteiger charge is -2.40. The number of aryl methyl sites for hydroxylation is 2. The number of hydrogen-bond acceptors (Lipinski definition) is 5. The first-order chi connectivity index (χ1) is 13.0. The molecule has 1 fully saturated rings. The summed E-state index contributed by atoms with van der Waals surface area (Å²) in [6.45, 7) is 10.9. The highest BCUT2D eigenvalue weighted by atomic mass is 32.1. The van der Waals surface area contributed by atoms with Crippen molar-refractivity contribution in [1.29, 1.82) is 0 Å². The van der Waals surface area contributed by atoms with Gasteiger partial charge in [-0.15, -0.1) is 5.10 Å². The van der Waals surface area contributed by atoms with Crippen molar-refractivity contribution in [2.45, 2.75) is 46.6 Å². The van der Waals surface area contributed by atoms with Gasteiger partial charge in [-0.2, -0.15) is 4.52 Å². The number of thiazole rings is 1. The summed E-state index contributed by atoms with van der Waals surface area (Å²) < 4.78 is 1.61. The first-order valence-electron chi connectivity index (χ1n) is 9.84. The van der Waals surface area contributed by atoms with Crippen LogP contribution in [0.25, 0.3) is 4.96 Å². The highest BCUT2D eigenvalue weighted by Crippen LogP contribution is 2.42. The summed E-state index contributed by atoms with van der Waals surface area (Å²) in [5, 5.41) is 15.5. The average molecular weight is 385 g/mol. The molecule has 0 amide bonds. The molecule has 0 bridgehead atoms. The summed E-state index contributed by atoms with van der Waals surface area (Å²) in [5.74, 6) is 2.31. The van der Waals surface area contributed by atoms with Gasteiger partial charge in [0, 0.05) is 19.5 Å². The molecule has 5 nitrogen and oxygen atoms in total. The standard InChI is InChI=1S/C21H28N4OS/c1-5-17-22-21-25(23-17)20(26)19(27-21)18(16-8-6-7-13(2)10-16)24-11-14(3)9-15(4)12-24/h6-8,10,14-15,18,26H,5,9,11-12H2,1-4H3/t14-,15-,18+/m0/s1. The molecule has 1 aliphatic rings. The number of rotatable bonds is 4. The lowest BCUT2D eigenvalue weighted by Crippen LogP contribution is -2.41. The van der Waals surface area contributed by atoms with Gasteiger partial charge in [-0.25, -0.2) is 4.98 Å². The Morgan fingerprint density at radius 3 is 2.63 bits per heavy atom. The fourth-order valence-electron chi connectivity index (χ4n) is 4.41. The molecule has 2 aromatic heterocycles. The second-order valence-corrected chi connectivity index (χ2v) is 9.09. The summed E-state index contributed by atoms with van der Waals surface area (Å²) in [7, 11) is 0. The molecular weight excluding hydrogens is 356 g/mol. The first-order valence-corrected chi connectivity index (χ1v) is 10.7. The van der Waals surface area contributed by atoms with E-state index in [4.69, 9.17) is 0 Å². The fraction of sp³-hybridized carbons (Fsp3) is 0.524. The van der Waals surface area contributed by atoms with Gasteiger partial charge in [0.15, 0.2) is 5.82 Å². The van der Waals surface area contributed by atoms with E-state index in [1.807, 2.05) is 6.92 Å². The molecule has 0 spiro atoms. The molecule has 0 aliphatic carbocycles. The van der Waals surface area contributed by atoms with Crippen LogP contribution >= 0.6 is 11.3 Å². The van der Waals surface area contributed by atoms with Crippen LogP contribution < -0.4 is 0 Å². The Hall–Kier alpha value is -1.92. The maximum atomic E-state index is 11.0. The van der Waals surface area contributed by atoms with Gasteiger partial charge < -0.3 is 5.11 Å². The van der Waals surface area contributed by atoms with E-state index in [0.29, 0.717) is 11.8 Å². The summed E-state index contributed by atoms with van der Waals surface area (Å²) >= 11 is 1.56. The SMILES string of the molecule is CCc1nc2sc([C@@H](c3cccc(C)c3)N3C[C@@H](C)C[C@H](C)C3)c(O)n2n1. The third kappa shape index (κ3) is 3.48. The summed E-state index contributed by atoms with van der Waals surface area (Å²) in [4.78, 5) is 8.82. The molecule has 1 aromatic carbocycles. The van der Waals surface area contributed by atoms with Gasteiger partial charge in [0.1, 0.15) is 0 Å². The molecule has 3 atom stereocenters. The third-order valence-electron chi connectivity index (χ3n) is 5.43. The Bertz CT molecular complexity index is 937. The minimum atomic E-state index is 0.0358. The molecule has 6 heteroatoms. The largest absolute Gasteiger partial charge is 0.492 e. The van der Waals surface area contributed by atoms with Crippen molar-refractivity contribution in [3.63, 3.8) is 0 Å². The smallest absolute Gasteiger partial charge is 0.230 e. The third-order valence-corrected chi connectivity index (χ3v) is 6.50. The van der Waals surface area contributed by atoms with E-state index < -0.39 is 0 Å². The van der Waals surface area contributed by atoms with Gasteiger partial charge in [0.25, 0.3) is 0 Å². The van der Waals surface area contributed by atoms with Gasteiger partial charge >= 0.3 is 0 Å². The van der Waals surface area contributed by atoms with Crippen molar-refractivity contribution in [2.24, 2.45) is 11.8 Å². The van der Waals surface area contributed by atoms with Gasteiger partial charge in [0.2, 0.25) is 10.8 Å². The van der Waals surface area contributed by atoms with Crippen LogP contribution in [-0.2, 0) is 6.42 Å². The van der Waals surface area contributed by atoms with Crippen molar-refractivity contribution in [3.8, 4) is 5.88 Å². The predicted octanol–water partition coefficient (Wildman–Crippen LogP) is 4.43. The molecule has 27 heavy (non-hydrogen) atoms. The van der Waals surface area contributed by atoms with Crippen molar-refractivity contribution in [1.82, 2.24) is 19.5 Å². The zero-order valence-corrected chi connectivity index (χ0v) is 17.3. The van der Waals surface area contributed by atoms with Crippen LogP contribution in [0, 0.1) is 18.8 Å². The van der Waals surface area contributed by atoms with Crippen LogP contribution in [0.2, 0.25) is 0 Å². The Kier molecular flexibility index (Phi) is 4.95. The summed E-state index contributed by atoms with van der Waals surface area (Å²) in [5.41, 5.74) is 2.47. The van der Waals surface area contributed by atoms with Crippen LogP contribution in [0.4, 0.5) is 0 Å². The molecule has 0 radical (unpaired) electrons. The van der Waals surface area contributed by atoms with Gasteiger partial charge in [-0.05, 0) is 30.7 Å². The minimum Gasteiger partial charge on any atom is -0.492 e. The predicted molar refractivity (Wildman–Crippen MR) is 109 cm³/mol. The quantitative estimate of drug-likeness (QED) is 0.723. The highest BCUT2D eigenvalue weighted by molar-refractivity contribution is 7.17. The monoisotopic (exact) mass is 384 g/mol. The van der Waals surface area contributed by atoms with E-state index in [-0.39, 0.29) is 11.9 Å². The second-order valence-electron chi connectivity index (χ2n) is 8.08. The Morgan fingerprint density at radius 2 is 2.00 bits per heavy atom. The minimum absolute atomic E-state index is 0.0358. The van der Waals surface area contributed by atoms with E-state index >= 15 is 0 Å². The van der Waals surface area contributed by atoms with Crippen LogP contribution in [0.5, 0.6) is 5.88 Å². The van der Waals surface area contributed by atoms with E-state index in [2.05, 4.69) is 60.0 Å². The maximum absolute atomic E-state index is 11.0. The number of piperidine rings is 1. The lowest BCUT2D eigenvalue weighted by atomic mass is 9.89. The molecule has 0 unspecified atom stereocenters. The molecule has 1 aliphatic heterocycles. The van der Waals surface area contributed by atoms with Crippen molar-refractivity contribution in [3.05, 3.63) is 46.1 Å². The molecule has 3 aromatic rings. The first kappa shape index (κ1) is 18.4. The fourth-order valence-corrected chi connectivity index (χ4v) is 5.54. The van der Waals surface area contributed by atoms with E-state index in [0.717, 1.165) is 35.2 Å². The van der Waals surface area contributed by atoms with Crippen LogP contribution in [0.15, 0.2) is 24.3 Å². The molecule has 1 N–H and O–H groups in total. The molecule has 1 saturated heterocycles. The zero-order chi connectivity index (χ0) is 19.1. The summed E-state index contributed by atoms with van der Waals surface area (Å²) in [6, 6.07) is 8.68. The molecule has 144 valence electrons. The maximum Gasteiger partial charge on any atom is 0.230 e. The molecule has 0 saturated carbocycles. The van der Waals surface area contributed by atoms with Gasteiger partial charge in [-0.3, -0.25) is 4.90 Å². The normalized spacial score (nSPS) is 22.4. The van der Waals surface area contributed by atoms with Crippen molar-refractivity contribution in [2.75, 3.05) is 13.1 Å². The number of nitrogens with zero attached hydrogens (tertiary/aromatic N) is 4. The second kappa shape index (κ2) is 7.24. The van der Waals surface area contributed by atoms with Crippen molar-refractivity contribution < 1.29 is 5.11 Å². The van der Waals surface area contributed by atoms with Crippen molar-refractivity contribution >= 4 is 16.3 Å². The van der Waals surface area contributed by atoms with Gasteiger partial charge in [-0.1, -0.05) is 61.9 Å². The topological polar surface area (TPSA) is 53.7 Å². The molecule has 3 heterocycles. The average Bonchev–Trinajstić information content (AvgIpc) is 3.14. The number of likely N-dealkylation sites (tertiary alicyclic amines) is 1. The van der Waals surface area contributed by atoms with Crippen LogP contribution in [0.1, 0.15) is 55.1 Å². The number of aromatic hydroxyl groups is 1. The Balaban J connectivity index is 1.82. The Labute approximate surface area is 164 Å². The number of benzene rings is 1. The zero-order valence-electron chi connectivity index (χ0n) is 16.5. The van der Waals surface area contributed by atoms with E-state index in [9.17, 15) is 5.11 Å². The number of hydrogen-bond donors (Lipinski definition) is 1. The van der Waals surface area contributed by atoms with Crippen LogP contribution in [0.3, 0.4) is 0 Å². The molecular formula is C21H28N4OS. The van der Waals surface area contributed by atoms with E-state index in [1.54, 1.807) is 15.9 Å². The van der Waals surface area contributed by atoms with Gasteiger partial charge in [0.05, 0.1) is 10.9 Å². The lowest BCUT2D eigenvalue weighted by molar-refractivity contribution is 0.112. The van der Waals surface area contributed by atoms with E-state index in [1.165, 1.54) is 17.5 Å². The Morgan fingerprint density at radius 1 is 1.26 bits per heavy atom. The summed E-state index contributed by atoms with van der Waals surface area (Å²) in [6.07, 6.45) is 2.03. The highest BCUT2D eigenvalue weighted by Gasteiger charge is 2.33. The number of fused-ring (bicyclic) bond motifs is 1. The number of aromatic nitrogens is 3.